The van der Waals surface area contributed by atoms with Gasteiger partial charge in [-0.15, -0.1) is 0 Å². The standard InChI is InChI=1S/C23H21F3N2O4S/c1-14-10-16(7-8-17(14)13-33(31)32)12-27-21(29)20-9-6-15(2)28(22(20)30)19-5-3-4-18(11-19)23(24,25)26/h3-11,33H,12-13H2,1-2H3,(H,27,29). The molecule has 1 aromatic heterocycles. The lowest BCUT2D eigenvalue weighted by Crippen LogP contribution is -2.33. The number of benzene rings is 2. The zero-order chi connectivity index (χ0) is 24.3. The SMILES string of the molecule is Cc1cc(CNC(=O)c2ccc(C)n(-c3cccc(C(F)(F)F)c3)c2=O)ccc1C[SH](=O)=O. The summed E-state index contributed by atoms with van der Waals surface area (Å²) in [7, 11) is -2.56. The Labute approximate surface area is 189 Å². The van der Waals surface area contributed by atoms with E-state index in [-0.39, 0.29) is 23.5 Å². The number of thiol groups is 1. The van der Waals surface area contributed by atoms with E-state index in [0.29, 0.717) is 16.8 Å². The molecule has 33 heavy (non-hydrogen) atoms. The molecule has 3 aromatic rings. The Morgan fingerprint density at radius 2 is 1.76 bits per heavy atom. The van der Waals surface area contributed by atoms with Crippen molar-refractivity contribution < 1.29 is 26.4 Å². The minimum atomic E-state index is -4.57. The van der Waals surface area contributed by atoms with Gasteiger partial charge in [0.05, 0.1) is 11.3 Å². The lowest BCUT2D eigenvalue weighted by Gasteiger charge is -2.14. The number of pyridine rings is 1. The summed E-state index contributed by atoms with van der Waals surface area (Å²) in [6.45, 7) is 3.40. The first-order chi connectivity index (χ1) is 15.5. The number of alkyl halides is 3. The predicted octanol–water partition coefficient (Wildman–Crippen LogP) is 3.51. The van der Waals surface area contributed by atoms with Gasteiger partial charge in [0.25, 0.3) is 11.5 Å². The Morgan fingerprint density at radius 3 is 2.39 bits per heavy atom. The fraction of sp³-hybridized carbons (Fsp3) is 0.217. The van der Waals surface area contributed by atoms with Gasteiger partial charge in [0.15, 0.2) is 0 Å². The highest BCUT2D eigenvalue weighted by atomic mass is 32.2. The van der Waals surface area contributed by atoms with Crippen molar-refractivity contribution in [3.8, 4) is 5.69 Å². The van der Waals surface area contributed by atoms with E-state index in [2.05, 4.69) is 5.32 Å². The van der Waals surface area contributed by atoms with E-state index in [1.807, 2.05) is 0 Å². The van der Waals surface area contributed by atoms with Crippen molar-refractivity contribution in [3.05, 3.63) is 98.5 Å². The lowest BCUT2D eigenvalue weighted by atomic mass is 10.1. The lowest BCUT2D eigenvalue weighted by molar-refractivity contribution is -0.137. The Morgan fingerprint density at radius 1 is 1.03 bits per heavy atom. The normalized spacial score (nSPS) is 11.6. The van der Waals surface area contributed by atoms with Crippen molar-refractivity contribution in [3.63, 3.8) is 0 Å². The number of nitrogens with one attached hydrogen (secondary N) is 1. The van der Waals surface area contributed by atoms with E-state index in [4.69, 9.17) is 0 Å². The van der Waals surface area contributed by atoms with Crippen LogP contribution in [0.2, 0.25) is 0 Å². The molecule has 0 bridgehead atoms. The van der Waals surface area contributed by atoms with Gasteiger partial charge in [0.1, 0.15) is 16.3 Å². The Bertz CT molecular complexity index is 1340. The molecular formula is C23H21F3N2O4S. The highest BCUT2D eigenvalue weighted by Crippen LogP contribution is 2.30. The fourth-order valence-corrected chi connectivity index (χ4v) is 4.04. The largest absolute Gasteiger partial charge is 0.416 e. The number of carbonyl (C=O) groups is 1. The van der Waals surface area contributed by atoms with Gasteiger partial charge in [-0.1, -0.05) is 24.3 Å². The van der Waals surface area contributed by atoms with Gasteiger partial charge in [-0.25, -0.2) is 8.42 Å². The van der Waals surface area contributed by atoms with Crippen LogP contribution in [0.25, 0.3) is 5.69 Å². The van der Waals surface area contributed by atoms with E-state index in [1.54, 1.807) is 32.0 Å². The molecule has 6 nitrogen and oxygen atoms in total. The van der Waals surface area contributed by atoms with Crippen molar-refractivity contribution in [1.29, 1.82) is 0 Å². The van der Waals surface area contributed by atoms with Crippen LogP contribution >= 0.6 is 0 Å². The van der Waals surface area contributed by atoms with Crippen LogP contribution in [-0.4, -0.2) is 18.9 Å². The summed E-state index contributed by atoms with van der Waals surface area (Å²) in [6, 6.07) is 12.2. The number of halogens is 3. The van der Waals surface area contributed by atoms with Gasteiger partial charge in [-0.05, 0) is 60.9 Å². The number of aryl methyl sites for hydroxylation is 2. The molecule has 10 heteroatoms. The van der Waals surface area contributed by atoms with Crippen molar-refractivity contribution in [2.24, 2.45) is 0 Å². The van der Waals surface area contributed by atoms with Crippen LogP contribution in [0.5, 0.6) is 0 Å². The van der Waals surface area contributed by atoms with Crippen LogP contribution in [0.1, 0.15) is 38.3 Å². The molecule has 0 fully saturated rings. The summed E-state index contributed by atoms with van der Waals surface area (Å²) >= 11 is 0. The molecule has 0 saturated heterocycles. The summed E-state index contributed by atoms with van der Waals surface area (Å²) in [5.41, 5.74) is 0.639. The molecular weight excluding hydrogens is 457 g/mol. The van der Waals surface area contributed by atoms with Crippen molar-refractivity contribution in [2.45, 2.75) is 32.3 Å². The molecule has 0 aliphatic rings. The summed E-state index contributed by atoms with van der Waals surface area (Å²) < 4.78 is 62.2. The first-order valence-electron chi connectivity index (χ1n) is 9.86. The van der Waals surface area contributed by atoms with E-state index in [1.165, 1.54) is 24.3 Å². The third-order valence-corrected chi connectivity index (χ3v) is 5.71. The molecule has 0 unspecified atom stereocenters. The van der Waals surface area contributed by atoms with Gasteiger partial charge in [0.2, 0.25) is 0 Å². The van der Waals surface area contributed by atoms with Crippen LogP contribution in [0.4, 0.5) is 13.2 Å². The second kappa shape index (κ2) is 9.62. The Hall–Kier alpha value is -3.40. The van der Waals surface area contributed by atoms with Gasteiger partial charge in [-0.2, -0.15) is 13.2 Å². The molecule has 0 saturated carbocycles. The molecule has 0 aliphatic carbocycles. The predicted molar refractivity (Wildman–Crippen MR) is 118 cm³/mol. The molecule has 1 N–H and O–H groups in total. The average molecular weight is 478 g/mol. The maximum absolute atomic E-state index is 13.1. The zero-order valence-corrected chi connectivity index (χ0v) is 18.7. The number of hydrogen-bond acceptors (Lipinski definition) is 4. The number of aromatic nitrogens is 1. The summed E-state index contributed by atoms with van der Waals surface area (Å²) in [4.78, 5) is 25.6. The minimum Gasteiger partial charge on any atom is -0.348 e. The Balaban J connectivity index is 1.86. The Kier molecular flexibility index (Phi) is 7.06. The average Bonchev–Trinajstić information content (AvgIpc) is 2.73. The van der Waals surface area contributed by atoms with Crippen LogP contribution in [0.15, 0.2) is 59.4 Å². The zero-order valence-electron chi connectivity index (χ0n) is 17.8. The minimum absolute atomic E-state index is 0.00453. The van der Waals surface area contributed by atoms with E-state index in [0.717, 1.165) is 22.3 Å². The van der Waals surface area contributed by atoms with Crippen molar-refractivity contribution in [2.75, 3.05) is 0 Å². The van der Waals surface area contributed by atoms with Crippen LogP contribution < -0.4 is 10.9 Å². The fourth-order valence-electron chi connectivity index (χ4n) is 3.41. The monoisotopic (exact) mass is 478 g/mol. The van der Waals surface area contributed by atoms with Gasteiger partial charge >= 0.3 is 6.18 Å². The molecule has 0 atom stereocenters. The van der Waals surface area contributed by atoms with Gasteiger partial charge in [-0.3, -0.25) is 14.2 Å². The summed E-state index contributed by atoms with van der Waals surface area (Å²) in [5.74, 6) is -0.753. The topological polar surface area (TPSA) is 85.2 Å². The third kappa shape index (κ3) is 5.70. The van der Waals surface area contributed by atoms with Gasteiger partial charge < -0.3 is 5.32 Å². The molecule has 3 rings (SSSR count). The number of rotatable bonds is 6. The maximum atomic E-state index is 13.1. The molecule has 0 radical (unpaired) electrons. The first kappa shape index (κ1) is 24.2. The van der Waals surface area contributed by atoms with Crippen LogP contribution in [0.3, 0.4) is 0 Å². The van der Waals surface area contributed by atoms with Gasteiger partial charge in [0, 0.05) is 17.9 Å². The van der Waals surface area contributed by atoms with Crippen molar-refractivity contribution in [1.82, 2.24) is 9.88 Å². The summed E-state index contributed by atoms with van der Waals surface area (Å²) in [6.07, 6.45) is -4.57. The molecule has 1 amide bonds. The maximum Gasteiger partial charge on any atom is 0.416 e. The first-order valence-corrected chi connectivity index (χ1v) is 11.2. The number of nitrogens with zero attached hydrogens (tertiary/aromatic N) is 1. The quantitative estimate of drug-likeness (QED) is 0.531. The number of carbonyl (C=O) groups excluding carboxylic acids is 1. The second-order valence-electron chi connectivity index (χ2n) is 7.51. The third-order valence-electron chi connectivity index (χ3n) is 5.11. The molecule has 2 aromatic carbocycles. The van der Waals surface area contributed by atoms with Crippen LogP contribution in [0, 0.1) is 13.8 Å². The van der Waals surface area contributed by atoms with E-state index < -0.39 is 33.9 Å². The number of hydrogen-bond donors (Lipinski definition) is 2. The molecule has 0 spiro atoms. The van der Waals surface area contributed by atoms with E-state index in [9.17, 15) is 31.2 Å². The molecule has 174 valence electrons. The highest BCUT2D eigenvalue weighted by molar-refractivity contribution is 7.71. The summed E-state index contributed by atoms with van der Waals surface area (Å²) in [5, 5.41) is 2.63. The van der Waals surface area contributed by atoms with E-state index >= 15 is 0 Å². The van der Waals surface area contributed by atoms with Crippen LogP contribution in [-0.2, 0) is 29.2 Å². The smallest absolute Gasteiger partial charge is 0.348 e. The second-order valence-corrected chi connectivity index (χ2v) is 8.49. The molecule has 0 aliphatic heterocycles. The molecule has 1 heterocycles. The van der Waals surface area contributed by atoms with Crippen molar-refractivity contribution >= 4 is 16.6 Å². The highest BCUT2D eigenvalue weighted by Gasteiger charge is 2.30. The number of amides is 1.